The van der Waals surface area contributed by atoms with Crippen molar-refractivity contribution in [3.8, 4) is 0 Å². The number of nitrogens with zero attached hydrogens (tertiary/aromatic N) is 1. The lowest BCUT2D eigenvalue weighted by molar-refractivity contribution is -0.131. The van der Waals surface area contributed by atoms with E-state index in [0.29, 0.717) is 5.02 Å². The number of hydrogen-bond donors (Lipinski definition) is 1. The number of rotatable bonds is 5. The van der Waals surface area contributed by atoms with Crippen molar-refractivity contribution in [2.75, 3.05) is 11.9 Å². The van der Waals surface area contributed by atoms with E-state index in [4.69, 9.17) is 16.7 Å². The van der Waals surface area contributed by atoms with Gasteiger partial charge in [0.25, 0.3) is 0 Å². The summed E-state index contributed by atoms with van der Waals surface area (Å²) >= 11 is 7.93. The van der Waals surface area contributed by atoms with Gasteiger partial charge in [-0.2, -0.15) is 11.3 Å². The van der Waals surface area contributed by atoms with Gasteiger partial charge in [-0.1, -0.05) is 17.7 Å². The van der Waals surface area contributed by atoms with E-state index in [1.807, 2.05) is 24.6 Å². The summed E-state index contributed by atoms with van der Waals surface area (Å²) in [5.41, 5.74) is 2.93. The minimum absolute atomic E-state index is 0.607. The number of hydrogen-bond acceptors (Lipinski definition) is 3. The Bertz CT molecular complexity index is 623. The van der Waals surface area contributed by atoms with Gasteiger partial charge in [0, 0.05) is 19.7 Å². The Kier molecular flexibility index (Phi) is 4.82. The molecule has 1 N–H and O–H groups in total. The van der Waals surface area contributed by atoms with Crippen LogP contribution < -0.4 is 4.90 Å². The van der Waals surface area contributed by atoms with Crippen molar-refractivity contribution < 1.29 is 9.90 Å². The molecule has 0 aliphatic rings. The number of carbonyl (C=O) groups is 1. The Morgan fingerprint density at radius 2 is 2.25 bits per heavy atom. The molecule has 0 aliphatic heterocycles. The summed E-state index contributed by atoms with van der Waals surface area (Å²) in [5.74, 6) is -0.972. The molecule has 1 aromatic heterocycles. The zero-order valence-corrected chi connectivity index (χ0v) is 12.5. The van der Waals surface area contributed by atoms with Crippen molar-refractivity contribution in [2.24, 2.45) is 0 Å². The van der Waals surface area contributed by atoms with Gasteiger partial charge in [0.05, 0.1) is 10.7 Å². The van der Waals surface area contributed by atoms with Crippen molar-refractivity contribution in [3.05, 3.63) is 57.3 Å². The Morgan fingerprint density at radius 1 is 1.45 bits per heavy atom. The van der Waals surface area contributed by atoms with Crippen LogP contribution in [0.5, 0.6) is 0 Å². The van der Waals surface area contributed by atoms with Crippen LogP contribution >= 0.6 is 22.9 Å². The molecule has 0 spiro atoms. The van der Waals surface area contributed by atoms with E-state index in [2.05, 4.69) is 16.3 Å². The SMILES string of the molecule is CN(Cc1ccsc1)c1ccc(/C=C/C(=O)O)cc1Cl. The minimum atomic E-state index is -0.972. The van der Waals surface area contributed by atoms with Crippen molar-refractivity contribution in [1.29, 1.82) is 0 Å². The monoisotopic (exact) mass is 307 g/mol. The Morgan fingerprint density at radius 3 is 2.85 bits per heavy atom. The van der Waals surface area contributed by atoms with Crippen LogP contribution in [0, 0.1) is 0 Å². The summed E-state index contributed by atoms with van der Waals surface area (Å²) in [4.78, 5) is 12.5. The van der Waals surface area contributed by atoms with E-state index in [-0.39, 0.29) is 0 Å². The highest BCUT2D eigenvalue weighted by Crippen LogP contribution is 2.28. The van der Waals surface area contributed by atoms with Crippen LogP contribution in [0.2, 0.25) is 5.02 Å². The second-order valence-electron chi connectivity index (χ2n) is 4.37. The van der Waals surface area contributed by atoms with Gasteiger partial charge in [0.1, 0.15) is 0 Å². The molecule has 1 aromatic carbocycles. The number of carboxylic acid groups (broad SMARTS) is 1. The molecule has 0 saturated heterocycles. The molecule has 1 heterocycles. The second kappa shape index (κ2) is 6.59. The molecule has 0 bridgehead atoms. The minimum Gasteiger partial charge on any atom is -0.478 e. The van der Waals surface area contributed by atoms with E-state index < -0.39 is 5.97 Å². The van der Waals surface area contributed by atoms with Crippen LogP contribution in [0.15, 0.2) is 41.1 Å². The molecule has 0 unspecified atom stereocenters. The molecule has 0 amide bonds. The van der Waals surface area contributed by atoms with E-state index in [0.717, 1.165) is 23.9 Å². The lowest BCUT2D eigenvalue weighted by Gasteiger charge is -2.20. The summed E-state index contributed by atoms with van der Waals surface area (Å²) in [6.45, 7) is 0.785. The van der Waals surface area contributed by atoms with Gasteiger partial charge in [-0.05, 0) is 46.2 Å². The van der Waals surface area contributed by atoms with E-state index in [9.17, 15) is 4.79 Å². The zero-order valence-electron chi connectivity index (χ0n) is 10.9. The van der Waals surface area contributed by atoms with E-state index >= 15 is 0 Å². The predicted octanol–water partition coefficient (Wildman–Crippen LogP) is 4.14. The predicted molar refractivity (Wildman–Crippen MR) is 84.5 cm³/mol. The van der Waals surface area contributed by atoms with Gasteiger partial charge in [0.15, 0.2) is 0 Å². The fourth-order valence-corrected chi connectivity index (χ4v) is 2.84. The number of thiophene rings is 1. The molecule has 0 atom stereocenters. The summed E-state index contributed by atoms with van der Waals surface area (Å²) in [5, 5.41) is 13.4. The third-order valence-electron chi connectivity index (χ3n) is 2.80. The zero-order chi connectivity index (χ0) is 14.5. The number of aliphatic carboxylic acids is 1. The maximum atomic E-state index is 10.5. The van der Waals surface area contributed by atoms with Crippen LogP contribution in [-0.2, 0) is 11.3 Å². The van der Waals surface area contributed by atoms with Crippen molar-refractivity contribution in [2.45, 2.75) is 6.54 Å². The van der Waals surface area contributed by atoms with Gasteiger partial charge in [-0.15, -0.1) is 0 Å². The number of carboxylic acids is 1. The molecule has 5 heteroatoms. The highest BCUT2D eigenvalue weighted by Gasteiger charge is 2.07. The molecular formula is C15H14ClNO2S. The summed E-state index contributed by atoms with van der Waals surface area (Å²) in [6, 6.07) is 7.60. The van der Waals surface area contributed by atoms with Gasteiger partial charge in [-0.25, -0.2) is 4.79 Å². The molecule has 0 radical (unpaired) electrons. The summed E-state index contributed by atoms with van der Waals surface area (Å²) in [7, 11) is 1.98. The molecule has 3 nitrogen and oxygen atoms in total. The van der Waals surface area contributed by atoms with Gasteiger partial charge < -0.3 is 10.0 Å². The average molecular weight is 308 g/mol. The highest BCUT2D eigenvalue weighted by molar-refractivity contribution is 7.07. The Balaban J connectivity index is 2.14. The summed E-state index contributed by atoms with van der Waals surface area (Å²) < 4.78 is 0. The maximum Gasteiger partial charge on any atom is 0.328 e. The van der Waals surface area contributed by atoms with Crippen LogP contribution in [0.1, 0.15) is 11.1 Å². The number of halogens is 1. The van der Waals surface area contributed by atoms with E-state index in [1.165, 1.54) is 11.6 Å². The van der Waals surface area contributed by atoms with Crippen molar-refractivity contribution in [3.63, 3.8) is 0 Å². The highest BCUT2D eigenvalue weighted by atomic mass is 35.5. The van der Waals surface area contributed by atoms with Gasteiger partial charge >= 0.3 is 5.97 Å². The first-order chi connectivity index (χ1) is 9.56. The lowest BCUT2D eigenvalue weighted by Crippen LogP contribution is -2.16. The molecule has 0 fully saturated rings. The molecule has 2 rings (SSSR count). The third kappa shape index (κ3) is 3.85. The van der Waals surface area contributed by atoms with Crippen molar-refractivity contribution in [1.82, 2.24) is 0 Å². The lowest BCUT2D eigenvalue weighted by atomic mass is 10.1. The first-order valence-corrected chi connectivity index (χ1v) is 7.31. The molecular weight excluding hydrogens is 294 g/mol. The van der Waals surface area contributed by atoms with Crippen LogP contribution in [-0.4, -0.2) is 18.1 Å². The van der Waals surface area contributed by atoms with Crippen LogP contribution in [0.25, 0.3) is 6.08 Å². The normalized spacial score (nSPS) is 10.9. The van der Waals surface area contributed by atoms with Crippen LogP contribution in [0.3, 0.4) is 0 Å². The fourth-order valence-electron chi connectivity index (χ4n) is 1.85. The second-order valence-corrected chi connectivity index (χ2v) is 5.56. The van der Waals surface area contributed by atoms with Crippen LogP contribution in [0.4, 0.5) is 5.69 Å². The Hall–Kier alpha value is -1.78. The molecule has 2 aromatic rings. The first kappa shape index (κ1) is 14.6. The average Bonchev–Trinajstić information content (AvgIpc) is 2.89. The smallest absolute Gasteiger partial charge is 0.328 e. The van der Waals surface area contributed by atoms with Gasteiger partial charge in [0.2, 0.25) is 0 Å². The summed E-state index contributed by atoms with van der Waals surface area (Å²) in [6.07, 6.45) is 2.62. The molecule has 0 saturated carbocycles. The topological polar surface area (TPSA) is 40.5 Å². The number of anilines is 1. The quantitative estimate of drug-likeness (QED) is 0.844. The molecule has 20 heavy (non-hydrogen) atoms. The molecule has 104 valence electrons. The van der Waals surface area contributed by atoms with E-state index in [1.54, 1.807) is 17.4 Å². The molecule has 0 aliphatic carbocycles. The first-order valence-electron chi connectivity index (χ1n) is 5.99. The fraction of sp³-hybridized carbons (Fsp3) is 0.133. The van der Waals surface area contributed by atoms with Gasteiger partial charge in [-0.3, -0.25) is 0 Å². The number of benzene rings is 1. The standard InChI is InChI=1S/C15H14ClNO2S/c1-17(9-12-6-7-20-10-12)14-4-2-11(8-13(14)16)3-5-15(18)19/h2-8,10H,9H2,1H3,(H,18,19)/b5-3+. The Labute approximate surface area is 126 Å². The third-order valence-corrected chi connectivity index (χ3v) is 3.84. The largest absolute Gasteiger partial charge is 0.478 e. The van der Waals surface area contributed by atoms with Crippen molar-refractivity contribution >= 4 is 40.7 Å². The maximum absolute atomic E-state index is 10.5.